The Morgan fingerprint density at radius 3 is 2.53 bits per heavy atom. The first-order valence-electron chi connectivity index (χ1n) is 5.40. The maximum absolute atomic E-state index is 11.8. The predicted molar refractivity (Wildman–Crippen MR) is 72.2 cm³/mol. The van der Waals surface area contributed by atoms with Gasteiger partial charge in [0.1, 0.15) is 6.20 Å². The van der Waals surface area contributed by atoms with Gasteiger partial charge in [-0.3, -0.25) is 10.5 Å². The Bertz CT molecular complexity index is 598. The molecule has 0 unspecified atom stereocenters. The van der Waals surface area contributed by atoms with Crippen LogP contribution < -0.4 is 22.7 Å². The molecular formula is C14H12Cl2N2O. The van der Waals surface area contributed by atoms with Crippen LogP contribution in [-0.4, -0.2) is 5.78 Å². The fraction of sp³-hybridized carbons (Fsp3) is 0. The summed E-state index contributed by atoms with van der Waals surface area (Å²) in [6, 6.07) is 12.4. The van der Waals surface area contributed by atoms with E-state index in [0.717, 1.165) is 0 Å². The Morgan fingerprint density at radius 2 is 1.84 bits per heavy atom. The first kappa shape index (κ1) is 15.2. The minimum absolute atomic E-state index is 0. The van der Waals surface area contributed by atoms with Gasteiger partial charge in [-0.05, 0) is 6.07 Å². The number of aromatic nitrogens is 1. The molecule has 2 N–H and O–H groups in total. The number of carbonyl (C=O) groups is 1. The van der Waals surface area contributed by atoms with Crippen molar-refractivity contribution in [2.45, 2.75) is 0 Å². The van der Waals surface area contributed by atoms with Crippen LogP contribution in [0.25, 0.3) is 6.20 Å². The van der Waals surface area contributed by atoms with Crippen LogP contribution in [0.5, 0.6) is 0 Å². The van der Waals surface area contributed by atoms with E-state index in [4.69, 9.17) is 17.3 Å². The van der Waals surface area contributed by atoms with Crippen molar-refractivity contribution in [2.24, 2.45) is 0 Å². The second-order valence-electron chi connectivity index (χ2n) is 3.73. The Labute approximate surface area is 122 Å². The molecule has 0 fully saturated rings. The third-order valence-electron chi connectivity index (χ3n) is 2.42. The number of nitrogens with two attached hydrogens (primary N) is 1. The van der Waals surface area contributed by atoms with Gasteiger partial charge in [-0.15, -0.1) is 0 Å². The lowest BCUT2D eigenvalue weighted by atomic mass is 10.1. The molecule has 0 aliphatic carbocycles. The second kappa shape index (κ2) is 6.92. The third-order valence-corrected chi connectivity index (χ3v) is 2.64. The summed E-state index contributed by atoms with van der Waals surface area (Å²) < 4.78 is 1.60. The molecule has 1 heterocycles. The number of nitrogens with zero attached hydrogens (tertiary/aromatic N) is 1. The minimum atomic E-state index is -0.0810. The molecule has 2 rings (SSSR count). The fourth-order valence-electron chi connectivity index (χ4n) is 1.48. The number of carbonyl (C=O) groups excluding carboxylic acids is 1. The Kier molecular flexibility index (Phi) is 5.55. The summed E-state index contributed by atoms with van der Waals surface area (Å²) in [4.78, 5) is 11.8. The van der Waals surface area contributed by atoms with Gasteiger partial charge in [0.2, 0.25) is 0 Å². The average molecular weight is 295 g/mol. The van der Waals surface area contributed by atoms with Gasteiger partial charge < -0.3 is 12.4 Å². The molecule has 3 nitrogen and oxygen atoms in total. The summed E-state index contributed by atoms with van der Waals surface area (Å²) in [6.07, 6.45) is 4.70. The third kappa shape index (κ3) is 4.09. The number of hydrogen-bond donors (Lipinski definition) is 1. The van der Waals surface area contributed by atoms with Gasteiger partial charge in [-0.25, -0.2) is 4.57 Å². The van der Waals surface area contributed by atoms with Crippen LogP contribution in [0.4, 0.5) is 5.82 Å². The molecule has 0 saturated carbocycles. The minimum Gasteiger partial charge on any atom is -1.00 e. The van der Waals surface area contributed by atoms with E-state index in [2.05, 4.69) is 0 Å². The van der Waals surface area contributed by atoms with Crippen molar-refractivity contribution < 1.29 is 21.8 Å². The monoisotopic (exact) mass is 294 g/mol. The van der Waals surface area contributed by atoms with E-state index >= 15 is 0 Å². The molecular weight excluding hydrogens is 283 g/mol. The van der Waals surface area contributed by atoms with E-state index in [-0.39, 0.29) is 18.2 Å². The zero-order valence-electron chi connectivity index (χ0n) is 9.96. The maximum atomic E-state index is 11.8. The van der Waals surface area contributed by atoms with Gasteiger partial charge in [-0.1, -0.05) is 41.9 Å². The van der Waals surface area contributed by atoms with Gasteiger partial charge in [0, 0.05) is 17.7 Å². The molecule has 0 saturated heterocycles. The lowest BCUT2D eigenvalue weighted by Crippen LogP contribution is -3.00. The Balaban J connectivity index is 0.00000180. The number of anilines is 1. The van der Waals surface area contributed by atoms with Gasteiger partial charge in [0.25, 0.3) is 5.82 Å². The Hall–Kier alpha value is -1.84. The first-order valence-corrected chi connectivity index (χ1v) is 5.78. The van der Waals surface area contributed by atoms with Crippen LogP contribution in [0.15, 0.2) is 54.7 Å². The molecule has 0 aliphatic rings. The van der Waals surface area contributed by atoms with Crippen LogP contribution in [0.1, 0.15) is 10.4 Å². The van der Waals surface area contributed by atoms with Crippen molar-refractivity contribution in [3.05, 3.63) is 65.3 Å². The number of hydrogen-bond acceptors (Lipinski definition) is 2. The van der Waals surface area contributed by atoms with E-state index in [1.165, 1.54) is 6.08 Å². The van der Waals surface area contributed by atoms with E-state index in [1.807, 2.05) is 18.2 Å². The summed E-state index contributed by atoms with van der Waals surface area (Å²) in [6.45, 7) is 0. The van der Waals surface area contributed by atoms with Crippen LogP contribution in [0, 0.1) is 0 Å². The molecule has 0 aliphatic heterocycles. The summed E-state index contributed by atoms with van der Waals surface area (Å²) in [5, 5.41) is 0.556. The molecule has 0 amide bonds. The fourth-order valence-corrected chi connectivity index (χ4v) is 1.65. The summed E-state index contributed by atoms with van der Waals surface area (Å²) in [5.74, 6) is 0.430. The zero-order chi connectivity index (χ0) is 13.0. The van der Waals surface area contributed by atoms with Crippen LogP contribution in [-0.2, 0) is 0 Å². The molecule has 0 bridgehead atoms. The highest BCUT2D eigenvalue weighted by atomic mass is 35.5. The van der Waals surface area contributed by atoms with Crippen LogP contribution in [0.2, 0.25) is 5.02 Å². The average Bonchev–Trinajstić information content (AvgIpc) is 2.40. The van der Waals surface area contributed by atoms with Crippen LogP contribution in [0.3, 0.4) is 0 Å². The van der Waals surface area contributed by atoms with Gasteiger partial charge in [0.05, 0.1) is 11.2 Å². The molecule has 1 aromatic carbocycles. The number of benzene rings is 1. The number of ketones is 1. The maximum Gasteiger partial charge on any atom is 0.277 e. The number of allylic oxidation sites excluding steroid dienone is 1. The Morgan fingerprint density at radius 1 is 1.16 bits per heavy atom. The van der Waals surface area contributed by atoms with E-state index in [1.54, 1.807) is 41.2 Å². The topological polar surface area (TPSA) is 47.0 Å². The number of rotatable bonds is 3. The highest BCUT2D eigenvalue weighted by Crippen LogP contribution is 2.06. The molecule has 2 aromatic rings. The lowest BCUT2D eigenvalue weighted by Gasteiger charge is -1.97. The SMILES string of the molecule is Nc1ccc(Cl)c[n+]1C=CC(=O)c1ccccc1.[Cl-]. The van der Waals surface area contributed by atoms with E-state index < -0.39 is 0 Å². The van der Waals surface area contributed by atoms with Gasteiger partial charge >= 0.3 is 0 Å². The molecule has 5 heteroatoms. The normalized spacial score (nSPS) is 10.2. The van der Waals surface area contributed by atoms with Gasteiger partial charge in [-0.2, -0.15) is 0 Å². The first-order chi connectivity index (χ1) is 8.66. The molecule has 0 atom stereocenters. The molecule has 98 valence electrons. The predicted octanol–water partition coefficient (Wildman–Crippen LogP) is -0.433. The highest BCUT2D eigenvalue weighted by Gasteiger charge is 2.04. The largest absolute Gasteiger partial charge is 1.00 e. The summed E-state index contributed by atoms with van der Waals surface area (Å²) >= 11 is 5.85. The standard InChI is InChI=1S/C14H11ClN2O.ClH/c15-12-6-7-14(16)17(10-12)9-8-13(18)11-4-2-1-3-5-11;/h1-10,16H;1H. The smallest absolute Gasteiger partial charge is 0.277 e. The van der Waals surface area contributed by atoms with Crippen molar-refractivity contribution in [3.63, 3.8) is 0 Å². The number of pyridine rings is 1. The molecule has 0 radical (unpaired) electrons. The zero-order valence-corrected chi connectivity index (χ0v) is 11.5. The van der Waals surface area contributed by atoms with Crippen molar-refractivity contribution >= 4 is 29.4 Å². The molecule has 1 aromatic heterocycles. The molecule has 0 spiro atoms. The van der Waals surface area contributed by atoms with Crippen molar-refractivity contribution in [3.8, 4) is 0 Å². The van der Waals surface area contributed by atoms with Crippen molar-refractivity contribution in [2.75, 3.05) is 5.73 Å². The van der Waals surface area contributed by atoms with Gasteiger partial charge in [0.15, 0.2) is 5.78 Å². The van der Waals surface area contributed by atoms with Crippen LogP contribution >= 0.6 is 11.6 Å². The highest BCUT2D eigenvalue weighted by molar-refractivity contribution is 6.30. The quantitative estimate of drug-likeness (QED) is 0.474. The van der Waals surface area contributed by atoms with E-state index in [0.29, 0.717) is 16.4 Å². The lowest BCUT2D eigenvalue weighted by molar-refractivity contribution is -0.552. The summed E-state index contributed by atoms with van der Waals surface area (Å²) in [5.41, 5.74) is 6.39. The number of halogens is 2. The van der Waals surface area contributed by atoms with E-state index in [9.17, 15) is 4.79 Å². The summed E-state index contributed by atoms with van der Waals surface area (Å²) in [7, 11) is 0. The molecule has 19 heavy (non-hydrogen) atoms. The van der Waals surface area contributed by atoms with Crippen molar-refractivity contribution in [1.82, 2.24) is 0 Å². The number of nitrogen functional groups attached to an aromatic ring is 1. The van der Waals surface area contributed by atoms with Crippen molar-refractivity contribution in [1.29, 1.82) is 0 Å². The second-order valence-corrected chi connectivity index (χ2v) is 4.16.